The highest BCUT2D eigenvalue weighted by Crippen LogP contribution is 2.40. The highest BCUT2D eigenvalue weighted by molar-refractivity contribution is 7.89. The molecule has 0 bridgehead atoms. The quantitative estimate of drug-likeness (QED) is 0.741. The van der Waals surface area contributed by atoms with Gasteiger partial charge in [-0.25, -0.2) is 13.6 Å². The largest absolute Gasteiger partial charge is 0.418 e. The predicted octanol–water partition coefficient (Wildman–Crippen LogP) is 3.96. The van der Waals surface area contributed by atoms with Gasteiger partial charge in [0.05, 0.1) is 16.6 Å². The van der Waals surface area contributed by atoms with E-state index < -0.39 is 32.8 Å². The molecule has 0 aliphatic carbocycles. The fourth-order valence-corrected chi connectivity index (χ4v) is 4.25. The molecule has 1 atom stereocenters. The van der Waals surface area contributed by atoms with Gasteiger partial charge in [-0.3, -0.25) is 0 Å². The summed E-state index contributed by atoms with van der Waals surface area (Å²) >= 11 is 5.85. The van der Waals surface area contributed by atoms with Gasteiger partial charge in [-0.15, -0.1) is 0 Å². The molecule has 10 heteroatoms. The molecule has 1 aliphatic rings. The van der Waals surface area contributed by atoms with Crippen LogP contribution in [-0.4, -0.2) is 26.6 Å². The Morgan fingerprint density at radius 3 is 2.21 bits per heavy atom. The van der Waals surface area contributed by atoms with Gasteiger partial charge in [-0.05, 0) is 54.7 Å². The van der Waals surface area contributed by atoms with E-state index in [1.165, 1.54) is 0 Å². The molecule has 2 aromatic carbocycles. The molecule has 1 saturated heterocycles. The average molecular weight is 449 g/mol. The molecule has 0 aromatic heterocycles. The van der Waals surface area contributed by atoms with Crippen LogP contribution >= 0.6 is 11.6 Å². The lowest BCUT2D eigenvalue weighted by Gasteiger charge is -2.37. The lowest BCUT2D eigenvalue weighted by molar-refractivity contribution is -0.137. The zero-order valence-electron chi connectivity index (χ0n) is 15.2. The summed E-state index contributed by atoms with van der Waals surface area (Å²) in [5, 5.41) is 16.1. The van der Waals surface area contributed by atoms with Gasteiger partial charge in [-0.1, -0.05) is 23.7 Å². The van der Waals surface area contributed by atoms with Crippen molar-refractivity contribution < 1.29 is 26.7 Å². The van der Waals surface area contributed by atoms with Crippen molar-refractivity contribution in [2.45, 2.75) is 30.0 Å². The lowest BCUT2D eigenvalue weighted by Crippen LogP contribution is -2.36. The van der Waals surface area contributed by atoms with E-state index in [0.717, 1.165) is 12.1 Å². The number of aliphatic hydroxyl groups excluding tert-OH is 1. The van der Waals surface area contributed by atoms with Crippen molar-refractivity contribution >= 4 is 27.3 Å². The number of aliphatic hydroxyl groups is 1. The van der Waals surface area contributed by atoms with E-state index in [-0.39, 0.29) is 11.6 Å². The van der Waals surface area contributed by atoms with Crippen molar-refractivity contribution in [2.24, 2.45) is 11.1 Å². The molecule has 0 saturated carbocycles. The van der Waals surface area contributed by atoms with Crippen LogP contribution in [0.2, 0.25) is 5.02 Å². The van der Waals surface area contributed by atoms with Crippen LogP contribution in [0.25, 0.3) is 0 Å². The maximum Gasteiger partial charge on any atom is 0.418 e. The number of nitrogens with two attached hydrogens (primary N) is 1. The normalized spacial score (nSPS) is 17.4. The fourth-order valence-electron chi connectivity index (χ4n) is 3.58. The highest BCUT2D eigenvalue weighted by Gasteiger charge is 2.37. The number of hydrogen-bond donors (Lipinski definition) is 2. The Bertz CT molecular complexity index is 973. The number of benzene rings is 2. The molecule has 158 valence electrons. The van der Waals surface area contributed by atoms with Gasteiger partial charge in [0.1, 0.15) is 0 Å². The molecule has 3 rings (SSSR count). The number of nitrogens with zero attached hydrogens (tertiary/aromatic N) is 1. The van der Waals surface area contributed by atoms with Crippen LogP contribution in [-0.2, 0) is 16.2 Å². The summed E-state index contributed by atoms with van der Waals surface area (Å²) in [6, 6.07) is 9.60. The SMILES string of the molecule is NS(=O)(=O)c1ccc(N2CCC(C(O)c3ccc(Cl)cc3)CC2)c(C(F)(F)F)c1. The maximum absolute atomic E-state index is 13.5. The average Bonchev–Trinajstić information content (AvgIpc) is 2.66. The number of anilines is 1. The van der Waals surface area contributed by atoms with Crippen LogP contribution in [0.15, 0.2) is 47.4 Å². The molecule has 0 spiro atoms. The van der Waals surface area contributed by atoms with Crippen LogP contribution in [0.5, 0.6) is 0 Å². The second-order valence-electron chi connectivity index (χ2n) is 7.04. The zero-order chi connectivity index (χ0) is 21.4. The van der Waals surface area contributed by atoms with Crippen LogP contribution in [0.4, 0.5) is 18.9 Å². The van der Waals surface area contributed by atoms with Crippen molar-refractivity contribution in [1.82, 2.24) is 0 Å². The molecular formula is C19H20ClF3N2O3S. The first-order valence-corrected chi connectivity index (χ1v) is 10.8. The Balaban J connectivity index is 1.79. The Labute approximate surface area is 171 Å². The van der Waals surface area contributed by atoms with E-state index >= 15 is 0 Å². The number of alkyl halides is 3. The predicted molar refractivity (Wildman–Crippen MR) is 104 cm³/mol. The van der Waals surface area contributed by atoms with Gasteiger partial charge in [0.2, 0.25) is 10.0 Å². The van der Waals surface area contributed by atoms with Crippen molar-refractivity contribution in [3.63, 3.8) is 0 Å². The van der Waals surface area contributed by atoms with Gasteiger partial charge < -0.3 is 10.0 Å². The van der Waals surface area contributed by atoms with Crippen LogP contribution in [0, 0.1) is 5.92 Å². The van der Waals surface area contributed by atoms with E-state index in [1.54, 1.807) is 29.2 Å². The van der Waals surface area contributed by atoms with Gasteiger partial charge in [0.15, 0.2) is 0 Å². The molecule has 1 aliphatic heterocycles. The minimum absolute atomic E-state index is 0.0932. The van der Waals surface area contributed by atoms with Crippen LogP contribution in [0.3, 0.4) is 0 Å². The molecule has 29 heavy (non-hydrogen) atoms. The third-order valence-corrected chi connectivity index (χ3v) is 6.30. The number of piperidine rings is 1. The molecule has 1 fully saturated rings. The van der Waals surface area contributed by atoms with Crippen LogP contribution in [0.1, 0.15) is 30.1 Å². The summed E-state index contributed by atoms with van der Waals surface area (Å²) in [5.41, 5.74) is -0.425. The first kappa shape index (κ1) is 21.9. The molecule has 5 nitrogen and oxygen atoms in total. The Morgan fingerprint density at radius 2 is 1.69 bits per heavy atom. The minimum atomic E-state index is -4.73. The third kappa shape index (κ3) is 5.03. The summed E-state index contributed by atoms with van der Waals surface area (Å²) in [5.74, 6) is -0.106. The molecular weight excluding hydrogens is 429 g/mol. The van der Waals surface area contributed by atoms with Crippen molar-refractivity contribution in [3.05, 3.63) is 58.6 Å². The number of rotatable bonds is 4. The smallest absolute Gasteiger partial charge is 0.388 e. The van der Waals surface area contributed by atoms with Gasteiger partial charge >= 0.3 is 6.18 Å². The topological polar surface area (TPSA) is 83.6 Å². The number of halogens is 4. The summed E-state index contributed by atoms with van der Waals surface area (Å²) in [6.07, 6.45) is -4.49. The first-order valence-electron chi connectivity index (χ1n) is 8.89. The number of primary sulfonamides is 1. The second kappa shape index (κ2) is 8.14. The standard InChI is InChI=1S/C19H20ClF3N2O3S/c20-14-3-1-12(2-4-14)18(26)13-7-9-25(10-8-13)17-6-5-15(29(24,27)28)11-16(17)19(21,22)23/h1-6,11,13,18,26H,7-10H2,(H2,24,27,28). The van der Waals surface area contributed by atoms with Gasteiger partial charge in [0.25, 0.3) is 0 Å². The first-order chi connectivity index (χ1) is 13.5. The van der Waals surface area contributed by atoms with Crippen molar-refractivity contribution in [1.29, 1.82) is 0 Å². The van der Waals surface area contributed by atoms with E-state index in [9.17, 15) is 26.7 Å². The summed E-state index contributed by atoms with van der Waals surface area (Å²) in [7, 11) is -4.25. The molecule has 2 aromatic rings. The van der Waals surface area contributed by atoms with Crippen molar-refractivity contribution in [2.75, 3.05) is 18.0 Å². The summed E-state index contributed by atoms with van der Waals surface area (Å²) < 4.78 is 63.4. The number of hydrogen-bond acceptors (Lipinski definition) is 4. The van der Waals surface area contributed by atoms with E-state index in [0.29, 0.717) is 42.6 Å². The highest BCUT2D eigenvalue weighted by atomic mass is 35.5. The lowest BCUT2D eigenvalue weighted by atomic mass is 9.87. The Kier molecular flexibility index (Phi) is 6.14. The summed E-state index contributed by atoms with van der Waals surface area (Å²) in [6.45, 7) is 0.597. The molecule has 0 amide bonds. The van der Waals surface area contributed by atoms with Crippen molar-refractivity contribution in [3.8, 4) is 0 Å². The molecule has 1 unspecified atom stereocenters. The van der Waals surface area contributed by atoms with E-state index in [2.05, 4.69) is 0 Å². The third-order valence-electron chi connectivity index (χ3n) is 5.14. The van der Waals surface area contributed by atoms with Crippen LogP contribution < -0.4 is 10.0 Å². The molecule has 1 heterocycles. The number of sulfonamides is 1. The molecule has 0 radical (unpaired) electrons. The zero-order valence-corrected chi connectivity index (χ0v) is 16.8. The second-order valence-corrected chi connectivity index (χ2v) is 9.04. The van der Waals surface area contributed by atoms with Gasteiger partial charge in [0, 0.05) is 23.8 Å². The summed E-state index contributed by atoms with van der Waals surface area (Å²) in [4.78, 5) is 0.975. The van der Waals surface area contributed by atoms with E-state index in [4.69, 9.17) is 16.7 Å². The van der Waals surface area contributed by atoms with Gasteiger partial charge in [-0.2, -0.15) is 13.2 Å². The minimum Gasteiger partial charge on any atom is -0.388 e. The monoisotopic (exact) mass is 448 g/mol. The molecule has 3 N–H and O–H groups in total. The van der Waals surface area contributed by atoms with E-state index in [1.807, 2.05) is 0 Å². The Hall–Kier alpha value is -1.81. The fraction of sp³-hybridized carbons (Fsp3) is 0.368. The maximum atomic E-state index is 13.5. The Morgan fingerprint density at radius 1 is 1.10 bits per heavy atom.